The minimum absolute atomic E-state index is 0.0882. The summed E-state index contributed by atoms with van der Waals surface area (Å²) in [5.41, 5.74) is 1.89. The fraction of sp³-hybridized carbons (Fsp3) is 0.238. The molecular weight excluding hydrogens is 479 g/mol. The first-order valence-corrected chi connectivity index (χ1v) is 10.5. The Hall–Kier alpha value is -2.75. The summed E-state index contributed by atoms with van der Waals surface area (Å²) in [6.45, 7) is 4.81. The van der Waals surface area contributed by atoms with Crippen LogP contribution in [-0.2, 0) is 0 Å². The van der Waals surface area contributed by atoms with Crippen LogP contribution < -0.4 is 10.2 Å². The average molecular weight is 500 g/mol. The highest BCUT2D eigenvalue weighted by Crippen LogP contribution is 2.20. The standard InChI is InChI=1S/C21H21IN6O/c1-15-6-7-23-18(12-15)26-19-13-20(25-14-24-19)27-8-10-28(11-9-27)21(29)16-4-2-3-5-17(16)22/h2-7,12-14H,8-11H2,1H3,(H,23,24,25,26). The smallest absolute Gasteiger partial charge is 0.255 e. The molecule has 4 rings (SSSR count). The maximum absolute atomic E-state index is 12.8. The van der Waals surface area contributed by atoms with E-state index >= 15 is 0 Å². The van der Waals surface area contributed by atoms with Crippen molar-refractivity contribution in [2.24, 2.45) is 0 Å². The number of carbonyl (C=O) groups is 1. The minimum Gasteiger partial charge on any atom is -0.353 e. The Morgan fingerprint density at radius 3 is 2.52 bits per heavy atom. The van der Waals surface area contributed by atoms with Gasteiger partial charge >= 0.3 is 0 Å². The van der Waals surface area contributed by atoms with Gasteiger partial charge in [0, 0.05) is 42.0 Å². The van der Waals surface area contributed by atoms with Crippen LogP contribution in [-0.4, -0.2) is 51.9 Å². The highest BCUT2D eigenvalue weighted by atomic mass is 127. The number of carbonyl (C=O) groups excluding carboxylic acids is 1. The topological polar surface area (TPSA) is 74.2 Å². The fourth-order valence-corrected chi connectivity index (χ4v) is 3.89. The quantitative estimate of drug-likeness (QED) is 0.553. The first-order valence-electron chi connectivity index (χ1n) is 9.40. The Morgan fingerprint density at radius 2 is 1.76 bits per heavy atom. The molecule has 0 bridgehead atoms. The number of pyridine rings is 1. The van der Waals surface area contributed by atoms with E-state index < -0.39 is 0 Å². The van der Waals surface area contributed by atoms with E-state index in [0.29, 0.717) is 18.9 Å². The van der Waals surface area contributed by atoms with Crippen LogP contribution >= 0.6 is 22.6 Å². The van der Waals surface area contributed by atoms with E-state index in [1.54, 1.807) is 12.5 Å². The molecule has 0 unspecified atom stereocenters. The third-order valence-corrected chi connectivity index (χ3v) is 5.76. The number of nitrogens with zero attached hydrogens (tertiary/aromatic N) is 5. The molecular formula is C21H21IN6O. The fourth-order valence-electron chi connectivity index (χ4n) is 3.27. The molecule has 1 N–H and O–H groups in total. The van der Waals surface area contributed by atoms with Gasteiger partial charge in [0.25, 0.3) is 5.91 Å². The number of anilines is 3. The van der Waals surface area contributed by atoms with Gasteiger partial charge in [-0.1, -0.05) is 12.1 Å². The van der Waals surface area contributed by atoms with Crippen LogP contribution in [0.5, 0.6) is 0 Å². The lowest BCUT2D eigenvalue weighted by molar-refractivity contribution is 0.0745. The van der Waals surface area contributed by atoms with Crippen LogP contribution in [0.1, 0.15) is 15.9 Å². The van der Waals surface area contributed by atoms with E-state index in [9.17, 15) is 4.79 Å². The Balaban J connectivity index is 1.41. The van der Waals surface area contributed by atoms with Gasteiger partial charge in [0.2, 0.25) is 0 Å². The highest BCUT2D eigenvalue weighted by Gasteiger charge is 2.24. The zero-order valence-electron chi connectivity index (χ0n) is 16.0. The molecule has 2 aromatic heterocycles. The molecule has 0 atom stereocenters. The molecule has 29 heavy (non-hydrogen) atoms. The van der Waals surface area contributed by atoms with Gasteiger partial charge in [-0.25, -0.2) is 15.0 Å². The molecule has 7 nitrogen and oxygen atoms in total. The van der Waals surface area contributed by atoms with Crippen LogP contribution in [0.15, 0.2) is 55.0 Å². The molecule has 1 aliphatic heterocycles. The summed E-state index contributed by atoms with van der Waals surface area (Å²) < 4.78 is 0.980. The van der Waals surface area contributed by atoms with E-state index in [4.69, 9.17) is 0 Å². The first kappa shape index (κ1) is 19.6. The lowest BCUT2D eigenvalue weighted by Gasteiger charge is -2.35. The number of aryl methyl sites for hydroxylation is 1. The van der Waals surface area contributed by atoms with Crippen molar-refractivity contribution in [3.63, 3.8) is 0 Å². The molecule has 0 radical (unpaired) electrons. The monoisotopic (exact) mass is 500 g/mol. The van der Waals surface area contributed by atoms with E-state index in [1.165, 1.54) is 0 Å². The van der Waals surface area contributed by atoms with Gasteiger partial charge in [0.15, 0.2) is 0 Å². The predicted molar refractivity (Wildman–Crippen MR) is 122 cm³/mol. The summed E-state index contributed by atoms with van der Waals surface area (Å²) >= 11 is 2.21. The second-order valence-electron chi connectivity index (χ2n) is 6.86. The summed E-state index contributed by atoms with van der Waals surface area (Å²) in [6.07, 6.45) is 3.32. The van der Waals surface area contributed by atoms with Crippen LogP contribution in [0.3, 0.4) is 0 Å². The molecule has 0 spiro atoms. The molecule has 148 valence electrons. The van der Waals surface area contributed by atoms with Crippen molar-refractivity contribution in [1.82, 2.24) is 19.9 Å². The van der Waals surface area contributed by atoms with E-state index in [-0.39, 0.29) is 5.91 Å². The number of amides is 1. The number of halogens is 1. The van der Waals surface area contributed by atoms with Crippen LogP contribution in [0.25, 0.3) is 0 Å². The lowest BCUT2D eigenvalue weighted by Crippen LogP contribution is -2.49. The van der Waals surface area contributed by atoms with Gasteiger partial charge < -0.3 is 15.1 Å². The number of hydrogen-bond acceptors (Lipinski definition) is 6. The summed E-state index contributed by atoms with van der Waals surface area (Å²) in [7, 11) is 0. The summed E-state index contributed by atoms with van der Waals surface area (Å²) in [4.78, 5) is 29.9. The highest BCUT2D eigenvalue weighted by molar-refractivity contribution is 14.1. The molecule has 1 aromatic carbocycles. The van der Waals surface area contributed by atoms with Crippen molar-refractivity contribution >= 4 is 46.0 Å². The molecule has 1 aliphatic rings. The Bertz CT molecular complexity index is 1020. The number of aromatic nitrogens is 3. The zero-order chi connectivity index (χ0) is 20.2. The molecule has 1 fully saturated rings. The predicted octanol–water partition coefficient (Wildman–Crippen LogP) is 3.49. The largest absolute Gasteiger partial charge is 0.353 e. The number of rotatable bonds is 4. The van der Waals surface area contributed by atoms with Crippen molar-refractivity contribution < 1.29 is 4.79 Å². The Labute approximate surface area is 183 Å². The van der Waals surface area contributed by atoms with E-state index in [0.717, 1.165) is 39.4 Å². The van der Waals surface area contributed by atoms with Crippen LogP contribution in [0.2, 0.25) is 0 Å². The molecule has 8 heteroatoms. The van der Waals surface area contributed by atoms with Crippen molar-refractivity contribution in [1.29, 1.82) is 0 Å². The Kier molecular flexibility index (Phi) is 5.89. The number of nitrogens with one attached hydrogen (secondary N) is 1. The summed E-state index contributed by atoms with van der Waals surface area (Å²) in [6, 6.07) is 13.5. The van der Waals surface area contributed by atoms with Gasteiger partial charge in [-0.3, -0.25) is 4.79 Å². The van der Waals surface area contributed by atoms with Crippen molar-refractivity contribution in [2.45, 2.75) is 6.92 Å². The molecule has 1 saturated heterocycles. The summed E-state index contributed by atoms with van der Waals surface area (Å²) in [5, 5.41) is 3.22. The average Bonchev–Trinajstić information content (AvgIpc) is 2.74. The summed E-state index contributed by atoms with van der Waals surface area (Å²) in [5.74, 6) is 2.38. The van der Waals surface area contributed by atoms with Gasteiger partial charge in [0.1, 0.15) is 23.8 Å². The molecule has 1 amide bonds. The molecule has 3 aromatic rings. The third-order valence-electron chi connectivity index (χ3n) is 4.82. The second-order valence-corrected chi connectivity index (χ2v) is 8.03. The lowest BCUT2D eigenvalue weighted by atomic mass is 10.2. The maximum Gasteiger partial charge on any atom is 0.255 e. The number of piperazine rings is 1. The van der Waals surface area contributed by atoms with E-state index in [1.807, 2.05) is 54.3 Å². The molecule has 3 heterocycles. The van der Waals surface area contributed by atoms with Crippen molar-refractivity contribution in [3.8, 4) is 0 Å². The molecule has 0 aliphatic carbocycles. The number of benzene rings is 1. The zero-order valence-corrected chi connectivity index (χ0v) is 18.2. The number of hydrogen-bond donors (Lipinski definition) is 1. The van der Waals surface area contributed by atoms with Crippen molar-refractivity contribution in [2.75, 3.05) is 36.4 Å². The normalized spacial score (nSPS) is 14.0. The SMILES string of the molecule is Cc1ccnc(Nc2cc(N3CCN(C(=O)c4ccccc4I)CC3)ncn2)c1. The van der Waals surface area contributed by atoms with E-state index in [2.05, 4.69) is 47.8 Å². The van der Waals surface area contributed by atoms with Crippen LogP contribution in [0.4, 0.5) is 17.5 Å². The van der Waals surface area contributed by atoms with Gasteiger partial charge in [-0.15, -0.1) is 0 Å². The first-order chi connectivity index (χ1) is 14.1. The maximum atomic E-state index is 12.8. The van der Waals surface area contributed by atoms with Gasteiger partial charge in [0.05, 0.1) is 5.56 Å². The second kappa shape index (κ2) is 8.73. The third kappa shape index (κ3) is 4.64. The van der Waals surface area contributed by atoms with Crippen LogP contribution in [0, 0.1) is 10.5 Å². The van der Waals surface area contributed by atoms with Crippen molar-refractivity contribution in [3.05, 3.63) is 69.7 Å². The Morgan fingerprint density at radius 1 is 1.00 bits per heavy atom. The minimum atomic E-state index is 0.0882. The molecule has 0 saturated carbocycles. The van der Waals surface area contributed by atoms with Gasteiger partial charge in [-0.2, -0.15) is 0 Å². The van der Waals surface area contributed by atoms with Gasteiger partial charge in [-0.05, 0) is 59.3 Å².